The third-order valence-corrected chi connectivity index (χ3v) is 6.14. The van der Waals surface area contributed by atoms with E-state index >= 15 is 0 Å². The molecule has 0 aromatic heterocycles. The molecule has 0 saturated heterocycles. The Kier molecular flexibility index (Phi) is 8.06. The molecule has 2 amide bonds. The van der Waals surface area contributed by atoms with E-state index in [4.69, 9.17) is 0 Å². The second kappa shape index (κ2) is 11.0. The van der Waals surface area contributed by atoms with Crippen LogP contribution in [0.25, 0.3) is 0 Å². The Labute approximate surface area is 180 Å². The van der Waals surface area contributed by atoms with Crippen LogP contribution in [0.3, 0.4) is 0 Å². The molecule has 1 atom stereocenters. The van der Waals surface area contributed by atoms with E-state index in [1.54, 1.807) is 4.90 Å². The van der Waals surface area contributed by atoms with Crippen LogP contribution >= 0.6 is 0 Å². The zero-order chi connectivity index (χ0) is 21.3. The van der Waals surface area contributed by atoms with Crippen LogP contribution in [0.2, 0.25) is 0 Å². The molecule has 1 aliphatic rings. The highest BCUT2D eigenvalue weighted by Gasteiger charge is 2.30. The van der Waals surface area contributed by atoms with Crippen molar-refractivity contribution in [1.82, 2.24) is 10.2 Å². The molecule has 160 valence electrons. The van der Waals surface area contributed by atoms with E-state index in [0.29, 0.717) is 19.4 Å². The molecule has 30 heavy (non-hydrogen) atoms. The van der Waals surface area contributed by atoms with Gasteiger partial charge >= 0.3 is 0 Å². The fourth-order valence-corrected chi connectivity index (χ4v) is 4.32. The number of nitrogens with zero attached hydrogens (tertiary/aromatic N) is 1. The summed E-state index contributed by atoms with van der Waals surface area (Å²) < 4.78 is 0. The molecule has 0 unspecified atom stereocenters. The van der Waals surface area contributed by atoms with Gasteiger partial charge in [-0.15, -0.1) is 0 Å². The van der Waals surface area contributed by atoms with Gasteiger partial charge in [-0.1, -0.05) is 80.8 Å². The molecular formula is C26H34N2O2. The van der Waals surface area contributed by atoms with Gasteiger partial charge in [-0.05, 0) is 42.9 Å². The first-order valence-corrected chi connectivity index (χ1v) is 11.3. The van der Waals surface area contributed by atoms with Crippen molar-refractivity contribution >= 4 is 11.8 Å². The Balaban J connectivity index is 1.79. The largest absolute Gasteiger partial charge is 0.352 e. The average Bonchev–Trinajstić information content (AvgIpc) is 2.76. The maximum Gasteiger partial charge on any atom is 0.243 e. The fourth-order valence-electron chi connectivity index (χ4n) is 4.32. The molecule has 0 aliphatic heterocycles. The van der Waals surface area contributed by atoms with Gasteiger partial charge in [-0.2, -0.15) is 0 Å². The molecule has 2 aromatic rings. The SMILES string of the molecule is CC[C@H](C(=O)NC1CCCCC1)N(Cc1ccccc1)C(=O)Cc1ccccc1C. The van der Waals surface area contributed by atoms with Crippen LogP contribution in [0.15, 0.2) is 54.6 Å². The molecule has 1 saturated carbocycles. The summed E-state index contributed by atoms with van der Waals surface area (Å²) in [5.41, 5.74) is 3.16. The van der Waals surface area contributed by atoms with Crippen molar-refractivity contribution in [2.75, 3.05) is 0 Å². The highest BCUT2D eigenvalue weighted by atomic mass is 16.2. The van der Waals surface area contributed by atoms with Gasteiger partial charge in [-0.3, -0.25) is 9.59 Å². The van der Waals surface area contributed by atoms with Gasteiger partial charge in [-0.25, -0.2) is 0 Å². The molecule has 1 N–H and O–H groups in total. The van der Waals surface area contributed by atoms with Crippen LogP contribution in [-0.2, 0) is 22.6 Å². The standard InChI is InChI=1S/C26H34N2O2/c1-3-24(26(30)27-23-16-8-5-9-17-23)28(19-21-13-6-4-7-14-21)25(29)18-22-15-11-10-12-20(22)2/h4,6-7,10-15,23-24H,3,5,8-9,16-19H2,1-2H3,(H,27,30)/t24-/m1/s1. The zero-order valence-electron chi connectivity index (χ0n) is 18.3. The molecule has 0 bridgehead atoms. The molecule has 2 aromatic carbocycles. The summed E-state index contributed by atoms with van der Waals surface area (Å²) in [6.45, 7) is 4.46. The van der Waals surface area contributed by atoms with E-state index in [1.807, 2.05) is 68.4 Å². The van der Waals surface area contributed by atoms with Crippen molar-refractivity contribution < 1.29 is 9.59 Å². The van der Waals surface area contributed by atoms with E-state index in [1.165, 1.54) is 19.3 Å². The molecule has 1 fully saturated rings. The minimum Gasteiger partial charge on any atom is -0.352 e. The number of carbonyl (C=O) groups excluding carboxylic acids is 2. The van der Waals surface area contributed by atoms with Gasteiger partial charge < -0.3 is 10.2 Å². The number of hydrogen-bond donors (Lipinski definition) is 1. The molecule has 4 heteroatoms. The fraction of sp³-hybridized carbons (Fsp3) is 0.462. The smallest absolute Gasteiger partial charge is 0.243 e. The van der Waals surface area contributed by atoms with Crippen LogP contribution in [0.4, 0.5) is 0 Å². The summed E-state index contributed by atoms with van der Waals surface area (Å²) >= 11 is 0. The third kappa shape index (κ3) is 5.94. The Bertz CT molecular complexity index is 828. The molecular weight excluding hydrogens is 372 g/mol. The van der Waals surface area contributed by atoms with E-state index in [0.717, 1.165) is 29.5 Å². The van der Waals surface area contributed by atoms with Crippen molar-refractivity contribution in [2.45, 2.75) is 77.4 Å². The first kappa shape index (κ1) is 22.1. The van der Waals surface area contributed by atoms with Gasteiger partial charge in [0.1, 0.15) is 6.04 Å². The number of carbonyl (C=O) groups is 2. The first-order valence-electron chi connectivity index (χ1n) is 11.3. The summed E-state index contributed by atoms with van der Waals surface area (Å²) in [5, 5.41) is 3.23. The predicted octanol–water partition coefficient (Wildman–Crippen LogP) is 4.79. The topological polar surface area (TPSA) is 49.4 Å². The number of nitrogens with one attached hydrogen (secondary N) is 1. The summed E-state index contributed by atoms with van der Waals surface area (Å²) in [6, 6.07) is 17.7. The summed E-state index contributed by atoms with van der Waals surface area (Å²) in [4.78, 5) is 28.4. The van der Waals surface area contributed by atoms with E-state index in [-0.39, 0.29) is 17.9 Å². The number of hydrogen-bond acceptors (Lipinski definition) is 2. The van der Waals surface area contributed by atoms with Crippen LogP contribution in [-0.4, -0.2) is 28.8 Å². The maximum absolute atomic E-state index is 13.4. The minimum absolute atomic E-state index is 0.00111. The molecule has 0 radical (unpaired) electrons. The quantitative estimate of drug-likeness (QED) is 0.685. The Morgan fingerprint density at radius 1 is 1.00 bits per heavy atom. The lowest BCUT2D eigenvalue weighted by Gasteiger charge is -2.33. The van der Waals surface area contributed by atoms with Gasteiger partial charge in [0.2, 0.25) is 11.8 Å². The summed E-state index contributed by atoms with van der Waals surface area (Å²) in [6.07, 6.45) is 6.58. The summed E-state index contributed by atoms with van der Waals surface area (Å²) in [5.74, 6) is -0.0164. The molecule has 3 rings (SSSR count). The Hall–Kier alpha value is -2.62. The Morgan fingerprint density at radius 2 is 1.67 bits per heavy atom. The first-order chi connectivity index (χ1) is 14.6. The van der Waals surface area contributed by atoms with Gasteiger partial charge in [0, 0.05) is 12.6 Å². The monoisotopic (exact) mass is 406 g/mol. The average molecular weight is 407 g/mol. The van der Waals surface area contributed by atoms with Crippen LogP contribution < -0.4 is 5.32 Å². The lowest BCUT2D eigenvalue weighted by molar-refractivity contribution is -0.141. The molecule has 0 heterocycles. The third-order valence-electron chi connectivity index (χ3n) is 6.14. The summed E-state index contributed by atoms with van der Waals surface area (Å²) in [7, 11) is 0. The van der Waals surface area contributed by atoms with Crippen LogP contribution in [0.5, 0.6) is 0 Å². The minimum atomic E-state index is -0.455. The highest BCUT2D eigenvalue weighted by molar-refractivity contribution is 5.88. The van der Waals surface area contributed by atoms with Crippen LogP contribution in [0.1, 0.15) is 62.1 Å². The van der Waals surface area contributed by atoms with Crippen molar-refractivity contribution in [3.8, 4) is 0 Å². The van der Waals surface area contributed by atoms with Crippen molar-refractivity contribution in [2.24, 2.45) is 0 Å². The van der Waals surface area contributed by atoms with Gasteiger partial charge in [0.05, 0.1) is 6.42 Å². The molecule has 1 aliphatic carbocycles. The van der Waals surface area contributed by atoms with E-state index < -0.39 is 6.04 Å². The number of amides is 2. The maximum atomic E-state index is 13.4. The Morgan fingerprint density at radius 3 is 2.33 bits per heavy atom. The number of rotatable bonds is 8. The van der Waals surface area contributed by atoms with E-state index in [2.05, 4.69) is 5.32 Å². The number of benzene rings is 2. The van der Waals surface area contributed by atoms with Crippen molar-refractivity contribution in [1.29, 1.82) is 0 Å². The lowest BCUT2D eigenvalue weighted by atomic mass is 9.95. The van der Waals surface area contributed by atoms with E-state index in [9.17, 15) is 9.59 Å². The van der Waals surface area contributed by atoms with Crippen molar-refractivity contribution in [3.63, 3.8) is 0 Å². The predicted molar refractivity (Wildman–Crippen MR) is 121 cm³/mol. The van der Waals surface area contributed by atoms with Gasteiger partial charge in [0.25, 0.3) is 0 Å². The molecule has 0 spiro atoms. The highest BCUT2D eigenvalue weighted by Crippen LogP contribution is 2.20. The molecule has 4 nitrogen and oxygen atoms in total. The van der Waals surface area contributed by atoms with Gasteiger partial charge in [0.15, 0.2) is 0 Å². The van der Waals surface area contributed by atoms with Crippen LogP contribution in [0, 0.1) is 6.92 Å². The lowest BCUT2D eigenvalue weighted by Crippen LogP contribution is -2.52. The number of aryl methyl sites for hydroxylation is 1. The zero-order valence-corrected chi connectivity index (χ0v) is 18.3. The normalized spacial score (nSPS) is 15.4. The second-order valence-electron chi connectivity index (χ2n) is 8.38. The van der Waals surface area contributed by atoms with Crippen molar-refractivity contribution in [3.05, 3.63) is 71.3 Å². The second-order valence-corrected chi connectivity index (χ2v) is 8.38.